The number of nitrogens with zero attached hydrogens (tertiary/aromatic N) is 3. The molecule has 1 saturated heterocycles. The summed E-state index contributed by atoms with van der Waals surface area (Å²) in [5.74, 6) is -0.335. The highest BCUT2D eigenvalue weighted by molar-refractivity contribution is 6.05. The Hall–Kier alpha value is -2.89. The number of amides is 2. The first-order valence-electron chi connectivity index (χ1n) is 10.5. The van der Waals surface area contributed by atoms with Gasteiger partial charge in [0, 0.05) is 49.3 Å². The number of likely N-dealkylation sites (tertiary alicyclic amines) is 1. The Kier molecular flexibility index (Phi) is 7.22. The van der Waals surface area contributed by atoms with Crippen LogP contribution in [0.4, 0.5) is 11.4 Å². The third kappa shape index (κ3) is 5.34. The van der Waals surface area contributed by atoms with Gasteiger partial charge >= 0.3 is 0 Å². The minimum atomic E-state index is -0.243. The van der Waals surface area contributed by atoms with Gasteiger partial charge in [-0.05, 0) is 63.1 Å². The zero-order valence-electron chi connectivity index (χ0n) is 17.4. The first kappa shape index (κ1) is 20.8. The second-order valence-corrected chi connectivity index (χ2v) is 7.31. The van der Waals surface area contributed by atoms with Crippen LogP contribution >= 0.6 is 0 Å². The van der Waals surface area contributed by atoms with Crippen molar-refractivity contribution in [1.82, 2.24) is 9.88 Å². The Labute approximate surface area is 172 Å². The Morgan fingerprint density at radius 3 is 2.28 bits per heavy atom. The zero-order chi connectivity index (χ0) is 20.6. The largest absolute Gasteiger partial charge is 0.372 e. The lowest BCUT2D eigenvalue weighted by atomic mass is 10.2. The summed E-state index contributed by atoms with van der Waals surface area (Å²) < 4.78 is 0. The van der Waals surface area contributed by atoms with Crippen molar-refractivity contribution in [3.05, 3.63) is 53.9 Å². The molecule has 2 amide bonds. The van der Waals surface area contributed by atoms with Crippen molar-refractivity contribution >= 4 is 23.2 Å². The van der Waals surface area contributed by atoms with Crippen molar-refractivity contribution in [3.8, 4) is 0 Å². The molecule has 1 aromatic carbocycles. The Balaban J connectivity index is 1.68. The Bertz CT molecular complexity index is 823. The predicted molar refractivity (Wildman–Crippen MR) is 117 cm³/mol. The lowest BCUT2D eigenvalue weighted by Gasteiger charge is -2.21. The van der Waals surface area contributed by atoms with E-state index in [4.69, 9.17) is 0 Å². The molecule has 154 valence electrons. The molecule has 0 spiro atoms. The number of pyridine rings is 1. The maximum atomic E-state index is 12.8. The second-order valence-electron chi connectivity index (χ2n) is 7.31. The van der Waals surface area contributed by atoms with Gasteiger partial charge in [-0.3, -0.25) is 14.6 Å². The Morgan fingerprint density at radius 1 is 1.00 bits per heavy atom. The second kappa shape index (κ2) is 10.0. The van der Waals surface area contributed by atoms with Gasteiger partial charge in [-0.2, -0.15) is 0 Å². The fourth-order valence-corrected chi connectivity index (χ4v) is 3.67. The molecule has 3 rings (SSSR count). The van der Waals surface area contributed by atoms with E-state index in [9.17, 15) is 9.59 Å². The average molecular weight is 395 g/mol. The molecule has 2 aromatic rings. The highest BCUT2D eigenvalue weighted by atomic mass is 16.2. The minimum absolute atomic E-state index is 0.0925. The van der Waals surface area contributed by atoms with E-state index < -0.39 is 0 Å². The van der Waals surface area contributed by atoms with Crippen molar-refractivity contribution in [2.75, 3.05) is 36.4 Å². The van der Waals surface area contributed by atoms with Gasteiger partial charge in [0.2, 0.25) is 0 Å². The average Bonchev–Trinajstić information content (AvgIpc) is 3.05. The fourth-order valence-electron chi connectivity index (χ4n) is 3.67. The van der Waals surface area contributed by atoms with E-state index in [1.165, 1.54) is 6.20 Å². The van der Waals surface area contributed by atoms with Crippen molar-refractivity contribution in [1.29, 1.82) is 0 Å². The molecule has 1 aliphatic rings. The van der Waals surface area contributed by atoms with Gasteiger partial charge in [0.15, 0.2) is 0 Å². The van der Waals surface area contributed by atoms with Gasteiger partial charge in [-0.1, -0.05) is 12.8 Å². The van der Waals surface area contributed by atoms with E-state index in [1.807, 2.05) is 29.2 Å². The van der Waals surface area contributed by atoms with Crippen LogP contribution in [0.2, 0.25) is 0 Å². The van der Waals surface area contributed by atoms with Crippen LogP contribution in [0.5, 0.6) is 0 Å². The number of nitrogens with one attached hydrogen (secondary N) is 1. The molecule has 0 aliphatic carbocycles. The molecular formula is C23H30N4O2. The number of carbonyl (C=O) groups excluding carboxylic acids is 2. The number of benzene rings is 1. The normalized spacial score (nSPS) is 14.2. The summed E-state index contributed by atoms with van der Waals surface area (Å²) in [6.45, 7) is 7.63. The molecule has 0 bridgehead atoms. The van der Waals surface area contributed by atoms with Gasteiger partial charge in [0.1, 0.15) is 5.69 Å². The molecule has 2 heterocycles. The molecule has 0 radical (unpaired) electrons. The topological polar surface area (TPSA) is 65.5 Å². The summed E-state index contributed by atoms with van der Waals surface area (Å²) in [5, 5.41) is 2.91. The van der Waals surface area contributed by atoms with Crippen molar-refractivity contribution in [2.24, 2.45) is 0 Å². The number of hydrogen-bond acceptors (Lipinski definition) is 4. The first-order chi connectivity index (χ1) is 14.1. The summed E-state index contributed by atoms with van der Waals surface area (Å²) in [6, 6.07) is 11.0. The molecule has 0 atom stereocenters. The van der Waals surface area contributed by atoms with Gasteiger partial charge in [-0.25, -0.2) is 0 Å². The molecule has 0 saturated carbocycles. The van der Waals surface area contributed by atoms with E-state index in [-0.39, 0.29) is 11.8 Å². The van der Waals surface area contributed by atoms with Crippen LogP contribution < -0.4 is 10.2 Å². The van der Waals surface area contributed by atoms with E-state index in [0.717, 1.165) is 63.2 Å². The third-order valence-corrected chi connectivity index (χ3v) is 5.39. The van der Waals surface area contributed by atoms with Crippen LogP contribution in [0.15, 0.2) is 42.6 Å². The summed E-state index contributed by atoms with van der Waals surface area (Å²) in [4.78, 5) is 33.8. The summed E-state index contributed by atoms with van der Waals surface area (Å²) in [6.07, 6.45) is 5.90. The highest BCUT2D eigenvalue weighted by Crippen LogP contribution is 2.19. The molecule has 0 unspecified atom stereocenters. The molecule has 6 heteroatoms. The molecule has 1 aliphatic heterocycles. The van der Waals surface area contributed by atoms with E-state index in [1.54, 1.807) is 12.1 Å². The van der Waals surface area contributed by atoms with Crippen molar-refractivity contribution < 1.29 is 9.59 Å². The van der Waals surface area contributed by atoms with Gasteiger partial charge in [-0.15, -0.1) is 0 Å². The molecule has 6 nitrogen and oxygen atoms in total. The lowest BCUT2D eigenvalue weighted by molar-refractivity contribution is 0.0755. The van der Waals surface area contributed by atoms with E-state index in [2.05, 4.69) is 29.0 Å². The molecule has 1 fully saturated rings. The van der Waals surface area contributed by atoms with Crippen LogP contribution in [0.25, 0.3) is 0 Å². The van der Waals surface area contributed by atoms with Gasteiger partial charge < -0.3 is 15.1 Å². The first-order valence-corrected chi connectivity index (χ1v) is 10.5. The summed E-state index contributed by atoms with van der Waals surface area (Å²) in [7, 11) is 0. The van der Waals surface area contributed by atoms with Crippen LogP contribution in [-0.4, -0.2) is 47.9 Å². The molecular weight excluding hydrogens is 364 g/mol. The van der Waals surface area contributed by atoms with Crippen molar-refractivity contribution in [3.63, 3.8) is 0 Å². The smallest absolute Gasteiger partial charge is 0.272 e. The van der Waals surface area contributed by atoms with E-state index in [0.29, 0.717) is 11.3 Å². The van der Waals surface area contributed by atoms with Crippen LogP contribution in [0.1, 0.15) is 60.4 Å². The summed E-state index contributed by atoms with van der Waals surface area (Å²) >= 11 is 0. The number of hydrogen-bond donors (Lipinski definition) is 1. The fraction of sp³-hybridized carbons (Fsp3) is 0.435. The van der Waals surface area contributed by atoms with Crippen LogP contribution in [0.3, 0.4) is 0 Å². The zero-order valence-corrected chi connectivity index (χ0v) is 17.4. The molecule has 1 N–H and O–H groups in total. The number of carbonyl (C=O) groups is 2. The minimum Gasteiger partial charge on any atom is -0.372 e. The SMILES string of the molecule is CCN(CC)c1ccc(NC(=O)c2ccnc(C(=O)N3CCCCCC3)c2)cc1. The quantitative estimate of drug-likeness (QED) is 0.798. The van der Waals surface area contributed by atoms with Crippen molar-refractivity contribution in [2.45, 2.75) is 39.5 Å². The van der Waals surface area contributed by atoms with Gasteiger partial charge in [0.05, 0.1) is 0 Å². The van der Waals surface area contributed by atoms with Crippen LogP contribution in [0, 0.1) is 0 Å². The number of anilines is 2. The Morgan fingerprint density at radius 2 is 1.66 bits per heavy atom. The number of rotatable bonds is 6. The number of aromatic nitrogens is 1. The predicted octanol–water partition coefficient (Wildman–Crippen LogP) is 4.20. The monoisotopic (exact) mass is 394 g/mol. The third-order valence-electron chi connectivity index (χ3n) is 5.39. The maximum absolute atomic E-state index is 12.8. The molecule has 1 aromatic heterocycles. The maximum Gasteiger partial charge on any atom is 0.272 e. The van der Waals surface area contributed by atoms with Crippen LogP contribution in [-0.2, 0) is 0 Å². The molecule has 29 heavy (non-hydrogen) atoms. The highest BCUT2D eigenvalue weighted by Gasteiger charge is 2.19. The summed E-state index contributed by atoms with van der Waals surface area (Å²) in [5.41, 5.74) is 2.62. The van der Waals surface area contributed by atoms with Gasteiger partial charge in [0.25, 0.3) is 11.8 Å². The lowest BCUT2D eigenvalue weighted by Crippen LogP contribution is -2.32. The van der Waals surface area contributed by atoms with E-state index >= 15 is 0 Å². The standard InChI is InChI=1S/C23H30N4O2/c1-3-26(4-2)20-11-9-19(10-12-20)25-22(28)18-13-14-24-21(17-18)23(29)27-15-7-5-6-8-16-27/h9-14,17H,3-8,15-16H2,1-2H3,(H,25,28).